The predicted octanol–water partition coefficient (Wildman–Crippen LogP) is 4.77. The smallest absolute Gasteiger partial charge is 0.191 e. The minimum absolute atomic E-state index is 0.308. The fourth-order valence-corrected chi connectivity index (χ4v) is 4.17. The van der Waals surface area contributed by atoms with Crippen LogP contribution in [-0.2, 0) is 9.16 Å². The van der Waals surface area contributed by atoms with Crippen molar-refractivity contribution in [2.24, 2.45) is 11.3 Å². The Morgan fingerprint density at radius 3 is 2.50 bits per heavy atom. The van der Waals surface area contributed by atoms with Gasteiger partial charge in [0.2, 0.25) is 0 Å². The molecule has 20 heavy (non-hydrogen) atoms. The molecule has 0 aromatic rings. The lowest BCUT2D eigenvalue weighted by Gasteiger charge is -2.36. The highest BCUT2D eigenvalue weighted by atomic mass is 28.4. The van der Waals surface area contributed by atoms with Gasteiger partial charge in [0.1, 0.15) is 0 Å². The highest BCUT2D eigenvalue weighted by Crippen LogP contribution is 2.64. The zero-order valence-corrected chi connectivity index (χ0v) is 15.2. The monoisotopic (exact) mass is 296 g/mol. The van der Waals surface area contributed by atoms with E-state index in [1.54, 1.807) is 0 Å². The van der Waals surface area contributed by atoms with Crippen LogP contribution < -0.4 is 0 Å². The molecule has 0 spiro atoms. The van der Waals surface area contributed by atoms with E-state index in [1.165, 1.54) is 12.0 Å². The van der Waals surface area contributed by atoms with E-state index in [-0.39, 0.29) is 0 Å². The van der Waals surface area contributed by atoms with Crippen LogP contribution in [0.4, 0.5) is 0 Å². The zero-order chi connectivity index (χ0) is 15.2. The summed E-state index contributed by atoms with van der Waals surface area (Å²) in [5.41, 5.74) is 1.67. The van der Waals surface area contributed by atoms with Gasteiger partial charge in [0, 0.05) is 12.0 Å². The summed E-state index contributed by atoms with van der Waals surface area (Å²) in [5.74, 6) is 0.743. The molecule has 1 aliphatic carbocycles. The number of rotatable bonds is 6. The van der Waals surface area contributed by atoms with Gasteiger partial charge in [-0.15, -0.1) is 0 Å². The highest BCUT2D eigenvalue weighted by Gasteiger charge is 2.62. The molecule has 0 radical (unpaired) electrons. The summed E-state index contributed by atoms with van der Waals surface area (Å²) < 4.78 is 12.2. The van der Waals surface area contributed by atoms with Crippen LogP contribution in [0.5, 0.6) is 0 Å². The maximum atomic E-state index is 6.24. The van der Waals surface area contributed by atoms with Crippen molar-refractivity contribution in [2.45, 2.75) is 71.2 Å². The van der Waals surface area contributed by atoms with Gasteiger partial charge in [-0.2, -0.15) is 0 Å². The Labute approximate surface area is 126 Å². The first-order chi connectivity index (χ1) is 9.10. The molecule has 0 N–H and O–H groups in total. The van der Waals surface area contributed by atoms with Crippen LogP contribution >= 0.6 is 0 Å². The van der Waals surface area contributed by atoms with Crippen LogP contribution in [0.1, 0.15) is 47.0 Å². The molecule has 2 fully saturated rings. The first kappa shape index (κ1) is 16.3. The van der Waals surface area contributed by atoms with Gasteiger partial charge >= 0.3 is 0 Å². The molecule has 3 unspecified atom stereocenters. The molecule has 0 amide bonds. The molecule has 3 heteroatoms. The molecule has 116 valence electrons. The summed E-state index contributed by atoms with van der Waals surface area (Å²) in [5, 5.41) is 0.308. The normalized spacial score (nSPS) is 33.1. The van der Waals surface area contributed by atoms with Gasteiger partial charge in [-0.3, -0.25) is 0 Å². The zero-order valence-electron chi connectivity index (χ0n) is 14.2. The second-order valence-electron chi connectivity index (χ2n) is 8.35. The van der Waals surface area contributed by atoms with Gasteiger partial charge in [0.05, 0.1) is 12.7 Å². The largest absolute Gasteiger partial charge is 0.417 e. The summed E-state index contributed by atoms with van der Waals surface area (Å²) in [7, 11) is -1.58. The van der Waals surface area contributed by atoms with Crippen molar-refractivity contribution < 1.29 is 9.16 Å². The van der Waals surface area contributed by atoms with Gasteiger partial charge < -0.3 is 9.16 Å². The second-order valence-corrected chi connectivity index (χ2v) is 13.2. The second kappa shape index (κ2) is 5.26. The average Bonchev–Trinajstić information content (AvgIpc) is 2.94. The van der Waals surface area contributed by atoms with Gasteiger partial charge in [-0.25, -0.2) is 0 Å². The number of hydrogen-bond acceptors (Lipinski definition) is 2. The first-order valence-corrected chi connectivity index (χ1v) is 10.9. The van der Waals surface area contributed by atoms with Crippen molar-refractivity contribution >= 4 is 8.32 Å². The predicted molar refractivity (Wildman–Crippen MR) is 87.5 cm³/mol. The number of ether oxygens (including phenoxy) is 1. The van der Waals surface area contributed by atoms with E-state index < -0.39 is 8.32 Å². The summed E-state index contributed by atoms with van der Waals surface area (Å²) in [6.07, 6.45) is 4.03. The van der Waals surface area contributed by atoms with Crippen molar-refractivity contribution in [1.29, 1.82) is 0 Å². The third-order valence-corrected chi connectivity index (χ3v) is 10.4. The molecule has 1 heterocycles. The van der Waals surface area contributed by atoms with Crippen molar-refractivity contribution in [3.63, 3.8) is 0 Å². The molecule has 1 saturated heterocycles. The molecular weight excluding hydrogens is 264 g/mol. The first-order valence-electron chi connectivity index (χ1n) is 8.02. The molecule has 0 aromatic carbocycles. The Morgan fingerprint density at radius 2 is 2.05 bits per heavy atom. The van der Waals surface area contributed by atoms with Crippen LogP contribution in [0, 0.1) is 11.3 Å². The van der Waals surface area contributed by atoms with Crippen molar-refractivity contribution in [3.05, 3.63) is 12.2 Å². The fraction of sp³-hybridized carbons (Fsp3) is 0.882. The molecular formula is C17H32O2Si. The lowest BCUT2D eigenvalue weighted by atomic mass is 9.96. The van der Waals surface area contributed by atoms with Crippen LogP contribution in [0.3, 0.4) is 0 Å². The number of fused-ring (bicyclic) bond motifs is 1. The van der Waals surface area contributed by atoms with Crippen LogP contribution in [0.25, 0.3) is 0 Å². The third-order valence-electron chi connectivity index (χ3n) is 5.89. The summed E-state index contributed by atoms with van der Waals surface area (Å²) >= 11 is 0. The maximum Gasteiger partial charge on any atom is 0.191 e. The van der Waals surface area contributed by atoms with E-state index in [4.69, 9.17) is 9.16 Å². The van der Waals surface area contributed by atoms with Crippen molar-refractivity contribution in [3.8, 4) is 0 Å². The summed E-state index contributed by atoms with van der Waals surface area (Å²) in [6.45, 7) is 19.6. The lowest BCUT2D eigenvalue weighted by Crippen LogP contribution is -2.41. The van der Waals surface area contributed by atoms with Crippen LogP contribution in [0.2, 0.25) is 18.1 Å². The summed E-state index contributed by atoms with van der Waals surface area (Å²) in [4.78, 5) is 0. The highest BCUT2D eigenvalue weighted by molar-refractivity contribution is 6.74. The fourth-order valence-electron chi connectivity index (χ4n) is 3.09. The van der Waals surface area contributed by atoms with Gasteiger partial charge in [0.15, 0.2) is 8.32 Å². The van der Waals surface area contributed by atoms with E-state index in [0.717, 1.165) is 32.0 Å². The third kappa shape index (κ3) is 2.90. The number of hydrogen-bond donors (Lipinski definition) is 0. The van der Waals surface area contributed by atoms with E-state index in [2.05, 4.69) is 47.4 Å². The molecule has 2 rings (SSSR count). The van der Waals surface area contributed by atoms with Gasteiger partial charge in [-0.05, 0) is 50.2 Å². The Hall–Kier alpha value is -0.123. The Morgan fingerprint density at radius 1 is 1.40 bits per heavy atom. The van der Waals surface area contributed by atoms with Gasteiger partial charge in [-0.1, -0.05) is 32.9 Å². The SMILES string of the molecule is C=C(C)C12COC(CCCO[Si](C)(C)C(C)(C)C)C1C2. The minimum Gasteiger partial charge on any atom is -0.417 e. The molecule has 0 aromatic heterocycles. The molecule has 2 aliphatic rings. The molecule has 1 aliphatic heterocycles. The van der Waals surface area contributed by atoms with E-state index in [1.807, 2.05) is 0 Å². The van der Waals surface area contributed by atoms with E-state index in [0.29, 0.717) is 16.6 Å². The molecule has 2 nitrogen and oxygen atoms in total. The standard InChI is InChI=1S/C17H32O2Si/c1-13(2)17-11-14(17)15(18-12-17)9-8-10-19-20(6,7)16(3,4)5/h14-15H,1,8-12H2,2-7H3. The Bertz CT molecular complexity index is 383. The quantitative estimate of drug-likeness (QED) is 0.399. The molecule has 1 saturated carbocycles. The average molecular weight is 297 g/mol. The van der Waals surface area contributed by atoms with Crippen LogP contribution in [0.15, 0.2) is 12.2 Å². The van der Waals surface area contributed by atoms with Gasteiger partial charge in [0.25, 0.3) is 0 Å². The molecule has 0 bridgehead atoms. The topological polar surface area (TPSA) is 18.5 Å². The van der Waals surface area contributed by atoms with E-state index >= 15 is 0 Å². The van der Waals surface area contributed by atoms with Crippen LogP contribution in [-0.4, -0.2) is 27.6 Å². The van der Waals surface area contributed by atoms with Crippen molar-refractivity contribution in [2.75, 3.05) is 13.2 Å². The minimum atomic E-state index is -1.58. The molecule has 3 atom stereocenters. The maximum absolute atomic E-state index is 6.24. The van der Waals surface area contributed by atoms with E-state index in [9.17, 15) is 0 Å². The van der Waals surface area contributed by atoms with Crippen molar-refractivity contribution in [1.82, 2.24) is 0 Å². The Balaban J connectivity index is 1.70. The lowest BCUT2D eigenvalue weighted by molar-refractivity contribution is 0.0633. The Kier molecular flexibility index (Phi) is 4.27. The summed E-state index contributed by atoms with van der Waals surface area (Å²) in [6, 6.07) is 0.